The molecule has 2 heterocycles. The lowest BCUT2D eigenvalue weighted by atomic mass is 10.1. The molecule has 0 radical (unpaired) electrons. The summed E-state index contributed by atoms with van der Waals surface area (Å²) in [4.78, 5) is 8.09. The minimum atomic E-state index is 0. The van der Waals surface area contributed by atoms with Gasteiger partial charge in [-0.05, 0) is 47.9 Å². The zero-order valence-electron chi connectivity index (χ0n) is 12.4. The van der Waals surface area contributed by atoms with Gasteiger partial charge in [0.15, 0.2) is 5.96 Å². The van der Waals surface area contributed by atoms with Crippen LogP contribution >= 0.6 is 51.2 Å². The Balaban J connectivity index is 0.00000220. The molecule has 7 heteroatoms. The van der Waals surface area contributed by atoms with E-state index in [0.717, 1.165) is 30.1 Å². The van der Waals surface area contributed by atoms with E-state index < -0.39 is 0 Å². The molecule has 21 heavy (non-hydrogen) atoms. The number of rotatable bonds is 5. The van der Waals surface area contributed by atoms with E-state index in [1.807, 2.05) is 7.05 Å². The number of hydrogen-bond donors (Lipinski definition) is 2. The van der Waals surface area contributed by atoms with E-state index in [1.54, 1.807) is 11.3 Å². The Bertz CT molecular complexity index is 432. The van der Waals surface area contributed by atoms with Gasteiger partial charge < -0.3 is 15.5 Å². The normalized spacial score (nSPS) is 16.4. The summed E-state index contributed by atoms with van der Waals surface area (Å²) >= 11 is 5.22. The maximum Gasteiger partial charge on any atom is 0.191 e. The molecule has 1 saturated heterocycles. The fourth-order valence-electron chi connectivity index (χ4n) is 2.35. The summed E-state index contributed by atoms with van der Waals surface area (Å²) in [5, 5.41) is 8.83. The fourth-order valence-corrected chi connectivity index (χ4v) is 3.74. The average Bonchev–Trinajstić information content (AvgIpc) is 2.89. The Labute approximate surface area is 156 Å². The lowest BCUT2D eigenvalue weighted by Crippen LogP contribution is -2.42. The van der Waals surface area contributed by atoms with Crippen LogP contribution in [0.1, 0.15) is 24.1 Å². The van der Waals surface area contributed by atoms with Gasteiger partial charge in [0.1, 0.15) is 0 Å². The van der Waals surface area contributed by atoms with Gasteiger partial charge in [0.25, 0.3) is 0 Å². The SMILES string of the molecule is CN=C(NCCN1CCCCC1)NCc1cc(Br)cs1.I. The largest absolute Gasteiger partial charge is 0.355 e. The Morgan fingerprint density at radius 2 is 2.10 bits per heavy atom. The second-order valence-electron chi connectivity index (χ2n) is 4.99. The van der Waals surface area contributed by atoms with Crippen molar-refractivity contribution in [2.45, 2.75) is 25.8 Å². The Morgan fingerprint density at radius 1 is 1.33 bits per heavy atom. The molecule has 1 fully saturated rings. The van der Waals surface area contributed by atoms with Crippen molar-refractivity contribution in [1.29, 1.82) is 0 Å². The first kappa shape index (κ1) is 19.2. The number of nitrogens with zero attached hydrogens (tertiary/aromatic N) is 2. The van der Waals surface area contributed by atoms with Crippen LogP contribution in [-0.2, 0) is 6.54 Å². The summed E-state index contributed by atoms with van der Waals surface area (Å²) in [6.07, 6.45) is 4.09. The Hall–Kier alpha value is 0.140. The fraction of sp³-hybridized carbons (Fsp3) is 0.643. The molecule has 120 valence electrons. The lowest BCUT2D eigenvalue weighted by Gasteiger charge is -2.26. The molecular weight excluding hydrogens is 463 g/mol. The van der Waals surface area contributed by atoms with Gasteiger partial charge in [-0.1, -0.05) is 6.42 Å². The number of piperidine rings is 1. The number of hydrogen-bond acceptors (Lipinski definition) is 3. The highest BCUT2D eigenvalue weighted by Gasteiger charge is 2.09. The molecule has 4 nitrogen and oxygen atoms in total. The Kier molecular flexibility index (Phi) is 9.87. The molecular formula is C14H24BrIN4S. The third-order valence-electron chi connectivity index (χ3n) is 3.44. The van der Waals surface area contributed by atoms with Gasteiger partial charge >= 0.3 is 0 Å². The summed E-state index contributed by atoms with van der Waals surface area (Å²) in [7, 11) is 1.82. The van der Waals surface area contributed by atoms with Crippen LogP contribution in [0.25, 0.3) is 0 Å². The predicted octanol–water partition coefficient (Wildman–Crippen LogP) is 3.28. The molecule has 1 aliphatic heterocycles. The number of guanidine groups is 1. The molecule has 0 saturated carbocycles. The van der Waals surface area contributed by atoms with Crippen LogP contribution in [0.3, 0.4) is 0 Å². The molecule has 0 bridgehead atoms. The molecule has 0 unspecified atom stereocenters. The smallest absolute Gasteiger partial charge is 0.191 e. The average molecular weight is 487 g/mol. The first-order chi connectivity index (χ1) is 9.78. The topological polar surface area (TPSA) is 39.7 Å². The third-order valence-corrected chi connectivity index (χ3v) is 5.14. The first-order valence-corrected chi connectivity index (χ1v) is 8.85. The van der Waals surface area contributed by atoms with Crippen molar-refractivity contribution in [2.24, 2.45) is 4.99 Å². The molecule has 0 aromatic carbocycles. The van der Waals surface area contributed by atoms with Gasteiger partial charge in [-0.25, -0.2) is 0 Å². The number of thiophene rings is 1. The molecule has 2 N–H and O–H groups in total. The first-order valence-electron chi connectivity index (χ1n) is 7.17. The molecule has 1 aliphatic rings. The summed E-state index contributed by atoms with van der Waals surface area (Å²) < 4.78 is 1.15. The molecule has 0 atom stereocenters. The van der Waals surface area contributed by atoms with Crippen LogP contribution in [0.4, 0.5) is 0 Å². The highest BCUT2D eigenvalue weighted by Crippen LogP contribution is 2.19. The van der Waals surface area contributed by atoms with Crippen molar-refractivity contribution in [3.63, 3.8) is 0 Å². The molecule has 1 aromatic heterocycles. The van der Waals surface area contributed by atoms with Crippen LogP contribution in [0.15, 0.2) is 20.9 Å². The monoisotopic (exact) mass is 486 g/mol. The van der Waals surface area contributed by atoms with E-state index in [9.17, 15) is 0 Å². The molecule has 0 amide bonds. The molecule has 0 spiro atoms. The second kappa shape index (κ2) is 10.8. The lowest BCUT2D eigenvalue weighted by molar-refractivity contribution is 0.232. The van der Waals surface area contributed by atoms with E-state index >= 15 is 0 Å². The number of likely N-dealkylation sites (tertiary alicyclic amines) is 1. The van der Waals surface area contributed by atoms with Gasteiger partial charge in [-0.15, -0.1) is 35.3 Å². The van der Waals surface area contributed by atoms with Gasteiger partial charge in [-0.3, -0.25) is 4.99 Å². The van der Waals surface area contributed by atoms with Crippen LogP contribution in [0.5, 0.6) is 0 Å². The maximum atomic E-state index is 4.26. The highest BCUT2D eigenvalue weighted by atomic mass is 127. The van der Waals surface area contributed by atoms with Crippen LogP contribution in [0, 0.1) is 0 Å². The van der Waals surface area contributed by atoms with Gasteiger partial charge in [0, 0.05) is 34.9 Å². The van der Waals surface area contributed by atoms with Crippen molar-refractivity contribution >= 4 is 57.2 Å². The quantitative estimate of drug-likeness (QED) is 0.381. The van der Waals surface area contributed by atoms with Crippen molar-refractivity contribution in [3.05, 3.63) is 20.8 Å². The highest BCUT2D eigenvalue weighted by molar-refractivity contribution is 14.0. The van der Waals surface area contributed by atoms with Crippen LogP contribution in [0.2, 0.25) is 0 Å². The van der Waals surface area contributed by atoms with Crippen molar-refractivity contribution in [1.82, 2.24) is 15.5 Å². The second-order valence-corrected chi connectivity index (χ2v) is 6.90. The standard InChI is InChI=1S/C14H23BrN4S.HI/c1-16-14(18-10-13-9-12(15)11-20-13)17-5-8-19-6-3-2-4-7-19;/h9,11H,2-8,10H2,1H3,(H2,16,17,18);1H. The zero-order chi connectivity index (χ0) is 14.2. The predicted molar refractivity (Wildman–Crippen MR) is 106 cm³/mol. The minimum absolute atomic E-state index is 0. The number of nitrogens with one attached hydrogen (secondary N) is 2. The number of aliphatic imine (C=N–C) groups is 1. The molecule has 1 aromatic rings. The summed E-state index contributed by atoms with van der Waals surface area (Å²) in [6.45, 7) is 5.37. The van der Waals surface area contributed by atoms with Gasteiger partial charge in [0.2, 0.25) is 0 Å². The van der Waals surface area contributed by atoms with E-state index in [2.05, 4.69) is 47.9 Å². The summed E-state index contributed by atoms with van der Waals surface area (Å²) in [5.74, 6) is 0.881. The minimum Gasteiger partial charge on any atom is -0.355 e. The number of halogens is 2. The molecule has 0 aliphatic carbocycles. The van der Waals surface area contributed by atoms with Crippen molar-refractivity contribution < 1.29 is 0 Å². The molecule has 2 rings (SSSR count). The van der Waals surface area contributed by atoms with E-state index in [-0.39, 0.29) is 24.0 Å². The van der Waals surface area contributed by atoms with Gasteiger partial charge in [0.05, 0.1) is 6.54 Å². The van der Waals surface area contributed by atoms with Crippen molar-refractivity contribution in [3.8, 4) is 0 Å². The van der Waals surface area contributed by atoms with E-state index in [4.69, 9.17) is 0 Å². The van der Waals surface area contributed by atoms with E-state index in [0.29, 0.717) is 0 Å². The van der Waals surface area contributed by atoms with Crippen molar-refractivity contribution in [2.75, 3.05) is 33.2 Å². The Morgan fingerprint density at radius 3 is 2.71 bits per heavy atom. The maximum absolute atomic E-state index is 4.26. The zero-order valence-corrected chi connectivity index (χ0v) is 17.1. The van der Waals surface area contributed by atoms with Crippen LogP contribution in [-0.4, -0.2) is 44.1 Å². The third kappa shape index (κ3) is 7.30. The van der Waals surface area contributed by atoms with Gasteiger partial charge in [-0.2, -0.15) is 0 Å². The summed E-state index contributed by atoms with van der Waals surface area (Å²) in [6, 6.07) is 2.14. The van der Waals surface area contributed by atoms with E-state index in [1.165, 1.54) is 37.2 Å². The summed E-state index contributed by atoms with van der Waals surface area (Å²) in [5.41, 5.74) is 0. The van der Waals surface area contributed by atoms with Crippen LogP contribution < -0.4 is 10.6 Å².